The number of nitrogens with one attached hydrogen (secondary N) is 1. The van der Waals surface area contributed by atoms with Crippen molar-refractivity contribution in [1.29, 1.82) is 0 Å². The average Bonchev–Trinajstić information content (AvgIpc) is 3.10. The summed E-state index contributed by atoms with van der Waals surface area (Å²) >= 11 is 0. The molecule has 3 heterocycles. The molecule has 2 aliphatic heterocycles. The van der Waals surface area contributed by atoms with E-state index in [1.54, 1.807) is 0 Å². The second-order valence-electron chi connectivity index (χ2n) is 7.30. The van der Waals surface area contributed by atoms with Gasteiger partial charge in [0.2, 0.25) is 5.91 Å². The minimum Gasteiger partial charge on any atom is -0.351 e. The van der Waals surface area contributed by atoms with E-state index in [9.17, 15) is 4.79 Å². The van der Waals surface area contributed by atoms with Gasteiger partial charge in [-0.05, 0) is 31.4 Å². The van der Waals surface area contributed by atoms with Gasteiger partial charge in [0.05, 0.1) is 5.92 Å². The monoisotopic (exact) mass is 338 g/mol. The molecule has 0 spiro atoms. The van der Waals surface area contributed by atoms with Crippen molar-refractivity contribution in [2.45, 2.75) is 44.8 Å². The molecule has 1 N–H and O–H groups in total. The molecule has 2 aliphatic rings. The van der Waals surface area contributed by atoms with Crippen molar-refractivity contribution in [3.63, 3.8) is 0 Å². The van der Waals surface area contributed by atoms with Gasteiger partial charge in [0.1, 0.15) is 5.82 Å². The van der Waals surface area contributed by atoms with Crippen LogP contribution >= 0.6 is 0 Å². The Bertz CT molecular complexity index is 711. The van der Waals surface area contributed by atoms with E-state index in [1.165, 1.54) is 5.56 Å². The molecule has 1 aromatic heterocycles. The minimum atomic E-state index is 0.113. The molecule has 4 rings (SSSR count). The minimum absolute atomic E-state index is 0.113. The summed E-state index contributed by atoms with van der Waals surface area (Å²) in [5.74, 6) is 1.48. The summed E-state index contributed by atoms with van der Waals surface area (Å²) in [4.78, 5) is 19.5. The van der Waals surface area contributed by atoms with Gasteiger partial charge in [0.25, 0.3) is 0 Å². The van der Waals surface area contributed by atoms with E-state index in [4.69, 9.17) is 0 Å². The second kappa shape index (κ2) is 7.40. The van der Waals surface area contributed by atoms with Crippen LogP contribution < -0.4 is 5.32 Å². The van der Waals surface area contributed by atoms with Crippen LogP contribution in [-0.2, 0) is 24.3 Å². The molecule has 0 radical (unpaired) electrons. The first-order valence-corrected chi connectivity index (χ1v) is 9.34. The fourth-order valence-electron chi connectivity index (χ4n) is 4.06. The van der Waals surface area contributed by atoms with Crippen LogP contribution in [0.3, 0.4) is 0 Å². The van der Waals surface area contributed by atoms with Gasteiger partial charge in [-0.3, -0.25) is 9.69 Å². The lowest BCUT2D eigenvalue weighted by Crippen LogP contribution is -2.47. The number of aryl methyl sites for hydroxylation is 1. The fourth-order valence-corrected chi connectivity index (χ4v) is 4.06. The van der Waals surface area contributed by atoms with Crippen molar-refractivity contribution in [1.82, 2.24) is 19.8 Å². The predicted octanol–water partition coefficient (Wildman–Crippen LogP) is 2.23. The third kappa shape index (κ3) is 3.93. The van der Waals surface area contributed by atoms with Crippen LogP contribution in [0, 0.1) is 5.92 Å². The van der Waals surface area contributed by atoms with Crippen molar-refractivity contribution in [2.24, 2.45) is 5.92 Å². The van der Waals surface area contributed by atoms with Gasteiger partial charge in [0.15, 0.2) is 0 Å². The number of hydrogen-bond acceptors (Lipinski definition) is 3. The number of likely N-dealkylation sites (tertiary alicyclic amines) is 1. The van der Waals surface area contributed by atoms with Crippen molar-refractivity contribution in [3.05, 3.63) is 54.1 Å². The summed E-state index contributed by atoms with van der Waals surface area (Å²) in [7, 11) is 0. The van der Waals surface area contributed by atoms with Gasteiger partial charge in [-0.1, -0.05) is 30.3 Å². The highest BCUT2D eigenvalue weighted by Gasteiger charge is 2.28. The lowest BCUT2D eigenvalue weighted by atomic mass is 9.95. The van der Waals surface area contributed by atoms with Gasteiger partial charge in [0, 0.05) is 44.5 Å². The molecule has 1 amide bonds. The fraction of sp³-hybridized carbons (Fsp3) is 0.500. The van der Waals surface area contributed by atoms with Crippen LogP contribution in [0.2, 0.25) is 0 Å². The Morgan fingerprint density at radius 3 is 2.96 bits per heavy atom. The van der Waals surface area contributed by atoms with Gasteiger partial charge in [-0.2, -0.15) is 0 Å². The number of carbonyl (C=O) groups is 1. The van der Waals surface area contributed by atoms with E-state index in [-0.39, 0.29) is 17.9 Å². The first-order valence-electron chi connectivity index (χ1n) is 9.34. The number of carbonyl (C=O) groups excluding carboxylic acids is 1. The van der Waals surface area contributed by atoms with Crippen molar-refractivity contribution >= 4 is 5.91 Å². The molecule has 0 bridgehead atoms. The smallest absolute Gasteiger partial charge is 0.224 e. The molecular weight excluding hydrogens is 312 g/mol. The van der Waals surface area contributed by atoms with E-state index < -0.39 is 0 Å². The third-order valence-corrected chi connectivity index (χ3v) is 5.41. The van der Waals surface area contributed by atoms with E-state index in [2.05, 4.69) is 44.0 Å². The molecule has 1 saturated heterocycles. The molecule has 5 nitrogen and oxygen atoms in total. The first kappa shape index (κ1) is 16.3. The van der Waals surface area contributed by atoms with Crippen molar-refractivity contribution in [2.75, 3.05) is 13.1 Å². The Morgan fingerprint density at radius 1 is 1.20 bits per heavy atom. The van der Waals surface area contributed by atoms with Crippen LogP contribution in [0.25, 0.3) is 0 Å². The summed E-state index contributed by atoms with van der Waals surface area (Å²) in [5.41, 5.74) is 1.32. The Hall–Kier alpha value is -2.14. The highest BCUT2D eigenvalue weighted by atomic mass is 16.2. The van der Waals surface area contributed by atoms with Crippen LogP contribution in [0.1, 0.15) is 30.7 Å². The molecule has 1 aromatic carbocycles. The van der Waals surface area contributed by atoms with E-state index in [0.717, 1.165) is 57.7 Å². The Kier molecular flexibility index (Phi) is 4.83. The van der Waals surface area contributed by atoms with Gasteiger partial charge >= 0.3 is 0 Å². The molecule has 5 heteroatoms. The third-order valence-electron chi connectivity index (χ3n) is 5.41. The molecule has 132 valence electrons. The van der Waals surface area contributed by atoms with Gasteiger partial charge < -0.3 is 9.88 Å². The number of hydrogen-bond donors (Lipinski definition) is 1. The molecule has 25 heavy (non-hydrogen) atoms. The topological polar surface area (TPSA) is 50.2 Å². The molecule has 2 atom stereocenters. The summed E-state index contributed by atoms with van der Waals surface area (Å²) in [6.45, 7) is 3.73. The van der Waals surface area contributed by atoms with E-state index >= 15 is 0 Å². The maximum atomic E-state index is 12.8. The lowest BCUT2D eigenvalue weighted by molar-refractivity contribution is -0.127. The van der Waals surface area contributed by atoms with Gasteiger partial charge in [-0.15, -0.1) is 0 Å². The zero-order chi connectivity index (χ0) is 17.1. The molecule has 1 fully saturated rings. The summed E-state index contributed by atoms with van der Waals surface area (Å²) in [6, 6.07) is 10.8. The first-order chi connectivity index (χ1) is 12.3. The number of benzene rings is 1. The van der Waals surface area contributed by atoms with Crippen LogP contribution in [0.15, 0.2) is 42.7 Å². The SMILES string of the molecule is O=C(NC1CCc2nccn2C1)C1CCCN(Cc2ccccc2)C1. The molecule has 2 unspecified atom stereocenters. The molecule has 0 saturated carbocycles. The summed E-state index contributed by atoms with van der Waals surface area (Å²) < 4.78 is 2.16. The quantitative estimate of drug-likeness (QED) is 0.930. The maximum absolute atomic E-state index is 12.8. The van der Waals surface area contributed by atoms with Gasteiger partial charge in [-0.25, -0.2) is 4.98 Å². The molecule has 0 aliphatic carbocycles. The summed E-state index contributed by atoms with van der Waals surface area (Å²) in [6.07, 6.45) is 7.89. The number of piperidine rings is 1. The summed E-state index contributed by atoms with van der Waals surface area (Å²) in [5, 5.41) is 3.29. The van der Waals surface area contributed by atoms with Crippen LogP contribution in [-0.4, -0.2) is 39.5 Å². The maximum Gasteiger partial charge on any atom is 0.224 e. The standard InChI is InChI=1S/C20H26N4O/c25-20(22-18-8-9-19-21-10-12-24(19)15-18)17-7-4-11-23(14-17)13-16-5-2-1-3-6-16/h1-3,5-6,10,12,17-18H,4,7-9,11,13-15H2,(H,22,25). The molecular formula is C20H26N4O. The van der Waals surface area contributed by atoms with Crippen LogP contribution in [0.4, 0.5) is 0 Å². The number of aromatic nitrogens is 2. The number of imidazole rings is 1. The van der Waals surface area contributed by atoms with E-state index in [1.807, 2.05) is 18.5 Å². The zero-order valence-corrected chi connectivity index (χ0v) is 14.6. The van der Waals surface area contributed by atoms with E-state index in [0.29, 0.717) is 0 Å². The average molecular weight is 338 g/mol. The van der Waals surface area contributed by atoms with Crippen LogP contribution in [0.5, 0.6) is 0 Å². The Labute approximate surface area is 149 Å². The zero-order valence-electron chi connectivity index (χ0n) is 14.6. The molecule has 2 aromatic rings. The Morgan fingerprint density at radius 2 is 2.08 bits per heavy atom. The predicted molar refractivity (Wildman–Crippen MR) is 96.9 cm³/mol. The van der Waals surface area contributed by atoms with Crippen molar-refractivity contribution in [3.8, 4) is 0 Å². The Balaban J connectivity index is 1.31. The number of rotatable bonds is 4. The highest BCUT2D eigenvalue weighted by molar-refractivity contribution is 5.79. The highest BCUT2D eigenvalue weighted by Crippen LogP contribution is 2.20. The number of amides is 1. The number of fused-ring (bicyclic) bond motifs is 1. The largest absolute Gasteiger partial charge is 0.351 e. The number of nitrogens with zero attached hydrogens (tertiary/aromatic N) is 3. The lowest BCUT2D eigenvalue weighted by Gasteiger charge is -2.33. The second-order valence-corrected chi connectivity index (χ2v) is 7.30. The normalized spacial score (nSPS) is 23.8. The van der Waals surface area contributed by atoms with Crippen molar-refractivity contribution < 1.29 is 4.79 Å².